The lowest BCUT2D eigenvalue weighted by Crippen LogP contribution is -2.45. The van der Waals surface area contributed by atoms with Gasteiger partial charge in [0.05, 0.1) is 18.8 Å². The highest BCUT2D eigenvalue weighted by molar-refractivity contribution is 5.68. The SMILES string of the molecule is CC(C)Oc1ccc(=O)[nH]c1.CCOC1CCCN(C(=O)OC(C)(C)C)C1. The van der Waals surface area contributed by atoms with E-state index in [0.717, 1.165) is 19.4 Å². The quantitative estimate of drug-likeness (QED) is 0.861. The number of likely N-dealkylation sites (tertiary alicyclic amines) is 1. The third kappa shape index (κ3) is 10.0. The van der Waals surface area contributed by atoms with Gasteiger partial charge in [-0.25, -0.2) is 4.79 Å². The molecule has 1 saturated heterocycles. The molecule has 1 atom stereocenters. The van der Waals surface area contributed by atoms with E-state index in [4.69, 9.17) is 14.2 Å². The first kappa shape index (κ1) is 23.0. The first-order valence-corrected chi connectivity index (χ1v) is 9.55. The molecule has 7 nitrogen and oxygen atoms in total. The van der Waals surface area contributed by atoms with E-state index in [2.05, 4.69) is 4.98 Å². The fraction of sp³-hybridized carbons (Fsp3) is 0.700. The first-order valence-electron chi connectivity index (χ1n) is 9.55. The Bertz CT molecular complexity index is 599. The van der Waals surface area contributed by atoms with Gasteiger partial charge in [0.25, 0.3) is 0 Å². The van der Waals surface area contributed by atoms with Crippen LogP contribution in [0.15, 0.2) is 23.1 Å². The van der Waals surface area contributed by atoms with E-state index in [1.807, 2.05) is 41.5 Å². The molecule has 27 heavy (non-hydrogen) atoms. The number of hydrogen-bond acceptors (Lipinski definition) is 5. The zero-order valence-electron chi connectivity index (χ0n) is 17.4. The van der Waals surface area contributed by atoms with E-state index in [1.54, 1.807) is 17.2 Å². The molecule has 154 valence electrons. The molecule has 1 unspecified atom stereocenters. The Kier molecular flexibility index (Phi) is 9.35. The molecule has 0 saturated carbocycles. The van der Waals surface area contributed by atoms with Gasteiger partial charge in [-0.2, -0.15) is 0 Å². The number of pyridine rings is 1. The molecule has 0 radical (unpaired) electrons. The molecular formula is C20H34N2O5. The Balaban J connectivity index is 0.000000289. The summed E-state index contributed by atoms with van der Waals surface area (Å²) in [7, 11) is 0. The number of ether oxygens (including phenoxy) is 3. The lowest BCUT2D eigenvalue weighted by atomic mass is 10.1. The maximum absolute atomic E-state index is 11.8. The van der Waals surface area contributed by atoms with Gasteiger partial charge in [0, 0.05) is 25.4 Å². The summed E-state index contributed by atoms with van der Waals surface area (Å²) in [6.07, 6.45) is 3.67. The molecular weight excluding hydrogens is 348 g/mol. The van der Waals surface area contributed by atoms with Crippen LogP contribution in [-0.4, -0.2) is 53.5 Å². The number of nitrogens with zero attached hydrogens (tertiary/aromatic N) is 1. The normalized spacial score (nSPS) is 17.1. The smallest absolute Gasteiger partial charge is 0.410 e. The lowest BCUT2D eigenvalue weighted by Gasteiger charge is -2.33. The Morgan fingerprint density at radius 1 is 1.33 bits per heavy atom. The third-order valence-electron chi connectivity index (χ3n) is 3.56. The third-order valence-corrected chi connectivity index (χ3v) is 3.56. The maximum atomic E-state index is 11.8. The number of amides is 1. The summed E-state index contributed by atoms with van der Waals surface area (Å²) < 4.78 is 16.2. The fourth-order valence-electron chi connectivity index (χ4n) is 2.54. The molecule has 1 amide bonds. The Morgan fingerprint density at radius 3 is 2.56 bits per heavy atom. The molecule has 1 aliphatic rings. The second kappa shape index (κ2) is 11.0. The highest BCUT2D eigenvalue weighted by Crippen LogP contribution is 2.17. The van der Waals surface area contributed by atoms with E-state index in [-0.39, 0.29) is 23.9 Å². The van der Waals surface area contributed by atoms with Crippen molar-refractivity contribution in [3.63, 3.8) is 0 Å². The van der Waals surface area contributed by atoms with E-state index < -0.39 is 5.60 Å². The second-order valence-corrected chi connectivity index (χ2v) is 7.70. The topological polar surface area (TPSA) is 80.9 Å². The monoisotopic (exact) mass is 382 g/mol. The van der Waals surface area contributed by atoms with Gasteiger partial charge in [0.2, 0.25) is 5.56 Å². The van der Waals surface area contributed by atoms with Gasteiger partial charge in [-0.3, -0.25) is 4.79 Å². The van der Waals surface area contributed by atoms with Crippen molar-refractivity contribution >= 4 is 6.09 Å². The van der Waals surface area contributed by atoms with E-state index in [0.29, 0.717) is 18.9 Å². The molecule has 0 spiro atoms. The number of aromatic nitrogens is 1. The van der Waals surface area contributed by atoms with Crippen LogP contribution in [-0.2, 0) is 9.47 Å². The Labute approximate surface area is 162 Å². The summed E-state index contributed by atoms with van der Waals surface area (Å²) >= 11 is 0. The summed E-state index contributed by atoms with van der Waals surface area (Å²) in [6, 6.07) is 3.09. The number of H-pyrrole nitrogens is 1. The van der Waals surface area contributed by atoms with Crippen molar-refractivity contribution < 1.29 is 19.0 Å². The van der Waals surface area contributed by atoms with Crippen molar-refractivity contribution in [3.8, 4) is 5.75 Å². The summed E-state index contributed by atoms with van der Waals surface area (Å²) in [4.78, 5) is 26.7. The molecule has 7 heteroatoms. The van der Waals surface area contributed by atoms with Crippen molar-refractivity contribution in [1.29, 1.82) is 0 Å². The number of rotatable bonds is 4. The van der Waals surface area contributed by atoms with Crippen molar-refractivity contribution in [1.82, 2.24) is 9.88 Å². The van der Waals surface area contributed by atoms with Crippen LogP contribution in [0.1, 0.15) is 54.4 Å². The predicted octanol–water partition coefficient (Wildman–Crippen LogP) is 3.58. The standard InChI is InChI=1S/C12H23NO3.C8H11NO2/c1-5-15-10-7-6-8-13(9-10)11(14)16-12(2,3)4;1-6(2)11-7-3-4-8(10)9-5-7/h10H,5-9H2,1-4H3;3-6H,1-2H3,(H,9,10). The molecule has 1 fully saturated rings. The highest BCUT2D eigenvalue weighted by atomic mass is 16.6. The second-order valence-electron chi connectivity index (χ2n) is 7.70. The summed E-state index contributed by atoms with van der Waals surface area (Å²) in [5.74, 6) is 0.694. The van der Waals surface area contributed by atoms with E-state index >= 15 is 0 Å². The van der Waals surface area contributed by atoms with Crippen molar-refractivity contribution in [2.45, 2.75) is 72.2 Å². The van der Waals surface area contributed by atoms with Crippen molar-refractivity contribution in [2.24, 2.45) is 0 Å². The average Bonchev–Trinajstić information content (AvgIpc) is 2.56. The summed E-state index contributed by atoms with van der Waals surface area (Å²) in [5.41, 5.74) is -0.531. The van der Waals surface area contributed by atoms with Crippen molar-refractivity contribution in [3.05, 3.63) is 28.7 Å². The van der Waals surface area contributed by atoms with Gasteiger partial charge >= 0.3 is 6.09 Å². The van der Waals surface area contributed by atoms with Gasteiger partial charge in [-0.05, 0) is 60.5 Å². The number of piperidine rings is 1. The van der Waals surface area contributed by atoms with Gasteiger partial charge < -0.3 is 24.1 Å². The summed E-state index contributed by atoms with van der Waals surface area (Å²) in [6.45, 7) is 13.6. The van der Waals surface area contributed by atoms with Gasteiger partial charge in [0.1, 0.15) is 11.4 Å². The fourth-order valence-corrected chi connectivity index (χ4v) is 2.54. The predicted molar refractivity (Wildman–Crippen MR) is 105 cm³/mol. The molecule has 0 aliphatic carbocycles. The van der Waals surface area contributed by atoms with E-state index in [1.165, 1.54) is 6.07 Å². The molecule has 1 aromatic heterocycles. The lowest BCUT2D eigenvalue weighted by molar-refractivity contribution is -0.0170. The molecule has 0 bridgehead atoms. The zero-order chi connectivity index (χ0) is 20.4. The largest absolute Gasteiger partial charge is 0.489 e. The summed E-state index contributed by atoms with van der Waals surface area (Å²) in [5, 5.41) is 0. The maximum Gasteiger partial charge on any atom is 0.410 e. The Hall–Kier alpha value is -2.02. The van der Waals surface area contributed by atoms with Gasteiger partial charge in [0.15, 0.2) is 0 Å². The average molecular weight is 383 g/mol. The van der Waals surface area contributed by atoms with Crippen LogP contribution in [0.25, 0.3) is 0 Å². The van der Waals surface area contributed by atoms with Crippen LogP contribution in [0, 0.1) is 0 Å². The minimum absolute atomic E-state index is 0.110. The Morgan fingerprint density at radius 2 is 2.04 bits per heavy atom. The number of carbonyl (C=O) groups excluding carboxylic acids is 1. The van der Waals surface area contributed by atoms with Crippen LogP contribution in [0.5, 0.6) is 5.75 Å². The van der Waals surface area contributed by atoms with Gasteiger partial charge in [-0.15, -0.1) is 0 Å². The van der Waals surface area contributed by atoms with Crippen LogP contribution in [0.4, 0.5) is 4.79 Å². The number of aromatic amines is 1. The van der Waals surface area contributed by atoms with Crippen LogP contribution < -0.4 is 10.3 Å². The molecule has 1 aliphatic heterocycles. The molecule has 1 N–H and O–H groups in total. The molecule has 0 aromatic carbocycles. The van der Waals surface area contributed by atoms with Crippen LogP contribution >= 0.6 is 0 Å². The minimum Gasteiger partial charge on any atom is -0.489 e. The van der Waals surface area contributed by atoms with Crippen LogP contribution in [0.3, 0.4) is 0 Å². The number of hydrogen-bond donors (Lipinski definition) is 1. The van der Waals surface area contributed by atoms with Crippen LogP contribution in [0.2, 0.25) is 0 Å². The van der Waals surface area contributed by atoms with Gasteiger partial charge in [-0.1, -0.05) is 0 Å². The highest BCUT2D eigenvalue weighted by Gasteiger charge is 2.27. The number of nitrogens with one attached hydrogen (secondary N) is 1. The first-order chi connectivity index (χ1) is 12.6. The minimum atomic E-state index is -0.421. The molecule has 2 heterocycles. The zero-order valence-corrected chi connectivity index (χ0v) is 17.4. The van der Waals surface area contributed by atoms with E-state index in [9.17, 15) is 9.59 Å². The number of carbonyl (C=O) groups is 1. The van der Waals surface area contributed by atoms with Crippen molar-refractivity contribution in [2.75, 3.05) is 19.7 Å². The molecule has 2 rings (SSSR count). The molecule has 1 aromatic rings.